The maximum atomic E-state index is 2.69. The van der Waals surface area contributed by atoms with Gasteiger partial charge in [0, 0.05) is 18.1 Å². The van der Waals surface area contributed by atoms with Crippen molar-refractivity contribution in [3.8, 4) is 0 Å². The molecular formula is C12H24N2. The molecule has 0 radical (unpaired) electrons. The predicted octanol–water partition coefficient (Wildman–Crippen LogP) is 2.30. The average Bonchev–Trinajstić information content (AvgIpc) is 2.16. The van der Waals surface area contributed by atoms with Crippen LogP contribution < -0.4 is 0 Å². The fourth-order valence-corrected chi connectivity index (χ4v) is 2.72. The first-order chi connectivity index (χ1) is 6.57. The zero-order valence-electron chi connectivity index (χ0n) is 9.92. The summed E-state index contributed by atoms with van der Waals surface area (Å²) >= 11 is 0. The molecule has 0 aromatic rings. The highest BCUT2D eigenvalue weighted by Crippen LogP contribution is 2.27. The third-order valence-electron chi connectivity index (χ3n) is 3.78. The molecule has 14 heavy (non-hydrogen) atoms. The van der Waals surface area contributed by atoms with Crippen molar-refractivity contribution in [1.82, 2.24) is 9.80 Å². The zero-order chi connectivity index (χ0) is 10.2. The zero-order valence-corrected chi connectivity index (χ0v) is 9.92. The minimum Gasteiger partial charge on any atom is -0.287 e. The minimum absolute atomic E-state index is 0.350. The molecule has 2 nitrogen and oxygen atoms in total. The second-order valence-corrected chi connectivity index (χ2v) is 5.83. The van der Waals surface area contributed by atoms with Gasteiger partial charge in [-0.15, -0.1) is 0 Å². The molecule has 0 spiro atoms. The molecule has 0 N–H and O–H groups in total. The maximum Gasteiger partial charge on any atom is 0.0513 e. The standard InChI is InChI=1S/C12H24N2/c1-12(2,3)14-9-7-11-6-4-5-8-13(11)10-14/h11H,4-10H2,1-3H3. The van der Waals surface area contributed by atoms with Gasteiger partial charge in [0.2, 0.25) is 0 Å². The van der Waals surface area contributed by atoms with Gasteiger partial charge in [-0.05, 0) is 46.6 Å². The summed E-state index contributed by atoms with van der Waals surface area (Å²) in [5.41, 5.74) is 0.350. The van der Waals surface area contributed by atoms with Gasteiger partial charge in [-0.3, -0.25) is 9.80 Å². The van der Waals surface area contributed by atoms with Crippen LogP contribution in [0.2, 0.25) is 0 Å². The van der Waals surface area contributed by atoms with Crippen LogP contribution >= 0.6 is 0 Å². The molecule has 0 aromatic heterocycles. The molecule has 2 heterocycles. The summed E-state index contributed by atoms with van der Waals surface area (Å²) in [5.74, 6) is 0. The van der Waals surface area contributed by atoms with E-state index in [1.54, 1.807) is 0 Å². The lowest BCUT2D eigenvalue weighted by atomic mass is 9.95. The monoisotopic (exact) mass is 196 g/mol. The smallest absolute Gasteiger partial charge is 0.0513 e. The van der Waals surface area contributed by atoms with Crippen molar-refractivity contribution in [1.29, 1.82) is 0 Å². The summed E-state index contributed by atoms with van der Waals surface area (Å²) in [4.78, 5) is 5.31. The second kappa shape index (κ2) is 3.82. The molecule has 2 aliphatic rings. The average molecular weight is 196 g/mol. The largest absolute Gasteiger partial charge is 0.287 e. The summed E-state index contributed by atoms with van der Waals surface area (Å²) < 4.78 is 0. The molecule has 2 fully saturated rings. The van der Waals surface area contributed by atoms with Crippen LogP contribution in [0.25, 0.3) is 0 Å². The summed E-state index contributed by atoms with van der Waals surface area (Å²) in [6.07, 6.45) is 5.69. The van der Waals surface area contributed by atoms with Gasteiger partial charge in [-0.2, -0.15) is 0 Å². The Labute approximate surface area is 88.3 Å². The van der Waals surface area contributed by atoms with E-state index in [-0.39, 0.29) is 0 Å². The van der Waals surface area contributed by atoms with Crippen LogP contribution in [0, 0.1) is 0 Å². The Morgan fingerprint density at radius 2 is 1.79 bits per heavy atom. The lowest BCUT2D eigenvalue weighted by Gasteiger charge is -2.48. The molecule has 2 rings (SSSR count). The predicted molar refractivity (Wildman–Crippen MR) is 60.3 cm³/mol. The molecule has 0 aromatic carbocycles. The Morgan fingerprint density at radius 3 is 2.50 bits per heavy atom. The van der Waals surface area contributed by atoms with Crippen LogP contribution in [0.15, 0.2) is 0 Å². The second-order valence-electron chi connectivity index (χ2n) is 5.83. The number of hydrogen-bond acceptors (Lipinski definition) is 2. The Balaban J connectivity index is 1.96. The molecule has 2 saturated heterocycles. The van der Waals surface area contributed by atoms with Crippen LogP contribution in [0.5, 0.6) is 0 Å². The van der Waals surface area contributed by atoms with E-state index in [0.717, 1.165) is 6.04 Å². The van der Waals surface area contributed by atoms with Gasteiger partial charge in [0.05, 0.1) is 6.67 Å². The van der Waals surface area contributed by atoms with Gasteiger partial charge >= 0.3 is 0 Å². The van der Waals surface area contributed by atoms with Gasteiger partial charge in [0.1, 0.15) is 0 Å². The highest BCUT2D eigenvalue weighted by molar-refractivity contribution is 4.86. The molecule has 2 heteroatoms. The van der Waals surface area contributed by atoms with E-state index < -0.39 is 0 Å². The van der Waals surface area contributed by atoms with Gasteiger partial charge in [0.25, 0.3) is 0 Å². The van der Waals surface area contributed by atoms with Gasteiger partial charge < -0.3 is 0 Å². The quantitative estimate of drug-likeness (QED) is 0.586. The fraction of sp³-hybridized carbons (Fsp3) is 1.00. The van der Waals surface area contributed by atoms with Crippen LogP contribution in [-0.2, 0) is 0 Å². The third kappa shape index (κ3) is 2.12. The Morgan fingerprint density at radius 1 is 1.00 bits per heavy atom. The van der Waals surface area contributed by atoms with Crippen molar-refractivity contribution in [3.05, 3.63) is 0 Å². The molecule has 1 atom stereocenters. The van der Waals surface area contributed by atoms with E-state index >= 15 is 0 Å². The first-order valence-corrected chi connectivity index (χ1v) is 6.06. The number of fused-ring (bicyclic) bond motifs is 1. The van der Waals surface area contributed by atoms with E-state index in [1.807, 2.05) is 0 Å². The van der Waals surface area contributed by atoms with E-state index in [0.29, 0.717) is 5.54 Å². The van der Waals surface area contributed by atoms with Crippen LogP contribution in [-0.4, -0.2) is 41.1 Å². The normalized spacial score (nSPS) is 31.5. The van der Waals surface area contributed by atoms with Crippen molar-refractivity contribution in [3.63, 3.8) is 0 Å². The first-order valence-electron chi connectivity index (χ1n) is 6.06. The van der Waals surface area contributed by atoms with E-state index in [1.165, 1.54) is 45.4 Å². The van der Waals surface area contributed by atoms with Crippen molar-refractivity contribution >= 4 is 0 Å². The van der Waals surface area contributed by atoms with Crippen molar-refractivity contribution in [2.75, 3.05) is 19.8 Å². The third-order valence-corrected chi connectivity index (χ3v) is 3.78. The van der Waals surface area contributed by atoms with Gasteiger partial charge in [-0.25, -0.2) is 0 Å². The van der Waals surface area contributed by atoms with Crippen molar-refractivity contribution in [2.24, 2.45) is 0 Å². The SMILES string of the molecule is CC(C)(C)N1CCC2CCCCN2C1. The summed E-state index contributed by atoms with van der Waals surface area (Å²) in [6.45, 7) is 10.8. The molecule has 1 unspecified atom stereocenters. The Kier molecular flexibility index (Phi) is 2.85. The minimum atomic E-state index is 0.350. The van der Waals surface area contributed by atoms with Gasteiger partial charge in [-0.1, -0.05) is 6.42 Å². The molecule has 0 saturated carbocycles. The number of rotatable bonds is 0. The molecule has 0 amide bonds. The van der Waals surface area contributed by atoms with Crippen molar-refractivity contribution in [2.45, 2.75) is 58.0 Å². The van der Waals surface area contributed by atoms with E-state index in [2.05, 4.69) is 30.6 Å². The molecule has 0 bridgehead atoms. The van der Waals surface area contributed by atoms with E-state index in [4.69, 9.17) is 0 Å². The molecule has 2 aliphatic heterocycles. The van der Waals surface area contributed by atoms with Gasteiger partial charge in [0.15, 0.2) is 0 Å². The Bertz CT molecular complexity index is 195. The van der Waals surface area contributed by atoms with Crippen LogP contribution in [0.1, 0.15) is 46.5 Å². The fourth-order valence-electron chi connectivity index (χ4n) is 2.72. The number of piperidine rings is 1. The molecular weight excluding hydrogens is 172 g/mol. The van der Waals surface area contributed by atoms with Crippen LogP contribution in [0.4, 0.5) is 0 Å². The van der Waals surface area contributed by atoms with E-state index in [9.17, 15) is 0 Å². The summed E-state index contributed by atoms with van der Waals surface area (Å²) in [7, 11) is 0. The summed E-state index contributed by atoms with van der Waals surface area (Å²) in [5, 5.41) is 0. The lowest BCUT2D eigenvalue weighted by molar-refractivity contribution is -0.0259. The lowest BCUT2D eigenvalue weighted by Crippen LogP contribution is -2.57. The maximum absolute atomic E-state index is 2.69. The number of hydrogen-bond donors (Lipinski definition) is 0. The topological polar surface area (TPSA) is 6.48 Å². The van der Waals surface area contributed by atoms with Crippen molar-refractivity contribution < 1.29 is 0 Å². The van der Waals surface area contributed by atoms with Crippen LogP contribution in [0.3, 0.4) is 0 Å². The first kappa shape index (κ1) is 10.4. The number of nitrogens with zero attached hydrogens (tertiary/aromatic N) is 2. The molecule has 0 aliphatic carbocycles. The molecule has 82 valence electrons. The Hall–Kier alpha value is -0.0800. The highest BCUT2D eigenvalue weighted by atomic mass is 15.4. The summed E-state index contributed by atoms with van der Waals surface area (Å²) in [6, 6.07) is 0.905. The highest BCUT2D eigenvalue weighted by Gasteiger charge is 2.32.